The molecule has 1 saturated heterocycles. The van der Waals surface area contributed by atoms with E-state index in [9.17, 15) is 4.79 Å². The maximum atomic E-state index is 12.7. The molecular formula is C22H23BrN2O2S. The molecule has 2 aromatic carbocycles. The zero-order chi connectivity index (χ0) is 19.7. The molecular weight excluding hydrogens is 436 g/mol. The molecule has 3 aromatic rings. The molecule has 1 aliphatic heterocycles. The minimum atomic E-state index is 0.209. The predicted molar refractivity (Wildman–Crippen MR) is 117 cm³/mol. The Labute approximate surface area is 177 Å². The van der Waals surface area contributed by atoms with Gasteiger partial charge in [0.1, 0.15) is 5.52 Å². The van der Waals surface area contributed by atoms with Crippen LogP contribution in [0.1, 0.15) is 35.8 Å². The van der Waals surface area contributed by atoms with E-state index in [1.165, 1.54) is 16.0 Å². The van der Waals surface area contributed by atoms with Crippen molar-refractivity contribution in [3.05, 3.63) is 57.9 Å². The van der Waals surface area contributed by atoms with Crippen LogP contribution >= 0.6 is 27.7 Å². The lowest BCUT2D eigenvalue weighted by molar-refractivity contribution is -0.129. The summed E-state index contributed by atoms with van der Waals surface area (Å²) in [6, 6.07) is 12.1. The average Bonchev–Trinajstić information content (AvgIpc) is 3.14. The van der Waals surface area contributed by atoms with Crippen molar-refractivity contribution in [3.8, 4) is 0 Å². The third kappa shape index (κ3) is 4.13. The Morgan fingerprint density at radius 3 is 2.71 bits per heavy atom. The van der Waals surface area contributed by atoms with Gasteiger partial charge in [-0.25, -0.2) is 4.98 Å². The third-order valence-electron chi connectivity index (χ3n) is 5.31. The quantitative estimate of drug-likeness (QED) is 0.470. The van der Waals surface area contributed by atoms with Crippen molar-refractivity contribution in [1.82, 2.24) is 9.88 Å². The SMILES string of the molecule is Cc1cc(SCC(=O)N2CCC(c3nc4ccccc4o3)CC2)c(C)cc1Br. The van der Waals surface area contributed by atoms with Crippen LogP contribution in [0, 0.1) is 13.8 Å². The van der Waals surface area contributed by atoms with Crippen molar-refractivity contribution in [2.45, 2.75) is 37.5 Å². The van der Waals surface area contributed by atoms with Crippen molar-refractivity contribution >= 4 is 44.7 Å². The van der Waals surface area contributed by atoms with Gasteiger partial charge in [0.25, 0.3) is 0 Å². The lowest BCUT2D eigenvalue weighted by Crippen LogP contribution is -2.39. The first-order chi connectivity index (χ1) is 13.5. The molecule has 28 heavy (non-hydrogen) atoms. The molecule has 1 fully saturated rings. The lowest BCUT2D eigenvalue weighted by Gasteiger charge is -2.30. The number of halogens is 1. The number of nitrogens with zero attached hydrogens (tertiary/aromatic N) is 2. The van der Waals surface area contributed by atoms with E-state index < -0.39 is 0 Å². The summed E-state index contributed by atoms with van der Waals surface area (Å²) in [6.07, 6.45) is 1.80. The Kier molecular flexibility index (Phi) is 5.78. The zero-order valence-electron chi connectivity index (χ0n) is 16.1. The van der Waals surface area contributed by atoms with Crippen molar-refractivity contribution in [1.29, 1.82) is 0 Å². The van der Waals surface area contributed by atoms with Gasteiger partial charge in [-0.3, -0.25) is 4.79 Å². The molecule has 4 rings (SSSR count). The number of likely N-dealkylation sites (tertiary alicyclic amines) is 1. The van der Waals surface area contributed by atoms with Crippen LogP contribution in [0.15, 0.2) is 50.2 Å². The monoisotopic (exact) mass is 458 g/mol. The molecule has 0 N–H and O–H groups in total. The lowest BCUT2D eigenvalue weighted by atomic mass is 9.97. The number of rotatable bonds is 4. The van der Waals surface area contributed by atoms with Crippen molar-refractivity contribution < 1.29 is 9.21 Å². The second-order valence-corrected chi connectivity index (χ2v) is 9.20. The highest BCUT2D eigenvalue weighted by Gasteiger charge is 2.27. The molecule has 1 aliphatic rings. The Morgan fingerprint density at radius 2 is 1.96 bits per heavy atom. The van der Waals surface area contributed by atoms with Gasteiger partial charge < -0.3 is 9.32 Å². The summed E-state index contributed by atoms with van der Waals surface area (Å²) in [5, 5.41) is 0. The summed E-state index contributed by atoms with van der Waals surface area (Å²) in [6.45, 7) is 5.69. The molecule has 1 amide bonds. The van der Waals surface area contributed by atoms with Crippen molar-refractivity contribution in [2.24, 2.45) is 0 Å². The van der Waals surface area contributed by atoms with Gasteiger partial charge in [0.2, 0.25) is 5.91 Å². The number of fused-ring (bicyclic) bond motifs is 1. The molecule has 0 radical (unpaired) electrons. The Balaban J connectivity index is 1.33. The van der Waals surface area contributed by atoms with Crippen LogP contribution in [0.5, 0.6) is 0 Å². The summed E-state index contributed by atoms with van der Waals surface area (Å²) in [4.78, 5) is 20.5. The summed E-state index contributed by atoms with van der Waals surface area (Å²) >= 11 is 5.19. The minimum Gasteiger partial charge on any atom is -0.440 e. The second-order valence-electron chi connectivity index (χ2n) is 7.33. The highest BCUT2D eigenvalue weighted by atomic mass is 79.9. The van der Waals surface area contributed by atoms with E-state index in [-0.39, 0.29) is 5.91 Å². The first-order valence-corrected chi connectivity index (χ1v) is 11.3. The molecule has 0 saturated carbocycles. The van der Waals surface area contributed by atoms with Crippen molar-refractivity contribution in [3.63, 3.8) is 0 Å². The summed E-state index contributed by atoms with van der Waals surface area (Å²) in [5.41, 5.74) is 4.14. The van der Waals surface area contributed by atoms with Crippen LogP contribution in [0.4, 0.5) is 0 Å². The highest BCUT2D eigenvalue weighted by molar-refractivity contribution is 9.10. The van der Waals surface area contributed by atoms with Gasteiger partial charge in [0, 0.05) is 28.4 Å². The number of hydrogen-bond donors (Lipinski definition) is 0. The van der Waals surface area contributed by atoms with Crippen molar-refractivity contribution in [2.75, 3.05) is 18.8 Å². The number of thioether (sulfide) groups is 1. The highest BCUT2D eigenvalue weighted by Crippen LogP contribution is 2.31. The maximum Gasteiger partial charge on any atom is 0.232 e. The predicted octanol–water partition coefficient (Wildman–Crippen LogP) is 5.71. The van der Waals surface area contributed by atoms with Crippen LogP contribution in [0.25, 0.3) is 11.1 Å². The number of aryl methyl sites for hydroxylation is 2. The first kappa shape index (κ1) is 19.5. The fourth-order valence-electron chi connectivity index (χ4n) is 3.58. The Morgan fingerprint density at radius 1 is 1.21 bits per heavy atom. The number of carbonyl (C=O) groups is 1. The maximum absolute atomic E-state index is 12.7. The van der Waals surface area contributed by atoms with E-state index in [1.54, 1.807) is 11.8 Å². The minimum absolute atomic E-state index is 0.209. The fourth-order valence-corrected chi connectivity index (χ4v) is 5.05. The third-order valence-corrected chi connectivity index (χ3v) is 7.31. The summed E-state index contributed by atoms with van der Waals surface area (Å²) in [7, 11) is 0. The molecule has 0 spiro atoms. The molecule has 6 heteroatoms. The molecule has 2 heterocycles. The van der Waals surface area contributed by atoms with Gasteiger partial charge in [0.15, 0.2) is 11.5 Å². The summed E-state index contributed by atoms with van der Waals surface area (Å²) in [5.74, 6) is 1.79. The fraction of sp³-hybridized carbons (Fsp3) is 0.364. The van der Waals surface area contributed by atoms with Crippen LogP contribution in [-0.2, 0) is 4.79 Å². The van der Waals surface area contributed by atoms with Gasteiger partial charge >= 0.3 is 0 Å². The van der Waals surface area contributed by atoms with Crippen LogP contribution in [0.2, 0.25) is 0 Å². The first-order valence-electron chi connectivity index (χ1n) is 9.54. The van der Waals surface area contributed by atoms with E-state index in [0.717, 1.165) is 47.4 Å². The van der Waals surface area contributed by atoms with Gasteiger partial charge in [0.05, 0.1) is 5.75 Å². The molecule has 4 nitrogen and oxygen atoms in total. The number of hydrogen-bond acceptors (Lipinski definition) is 4. The average molecular weight is 459 g/mol. The smallest absolute Gasteiger partial charge is 0.232 e. The molecule has 0 aliphatic carbocycles. The van der Waals surface area contributed by atoms with Crippen LogP contribution in [0.3, 0.4) is 0 Å². The number of aromatic nitrogens is 1. The number of amides is 1. The molecule has 0 atom stereocenters. The standard InChI is InChI=1S/C22H23BrN2O2S/c1-14-12-20(15(2)11-17(14)23)28-13-21(26)25-9-7-16(8-10-25)22-24-18-5-3-4-6-19(18)27-22/h3-6,11-12,16H,7-10,13H2,1-2H3. The molecule has 0 unspecified atom stereocenters. The number of para-hydroxylation sites is 2. The van der Waals surface area contributed by atoms with Crippen LogP contribution < -0.4 is 0 Å². The Hall–Kier alpha value is -1.79. The van der Waals surface area contributed by atoms with Gasteiger partial charge in [-0.15, -0.1) is 11.8 Å². The van der Waals surface area contributed by atoms with Gasteiger partial charge in [-0.2, -0.15) is 0 Å². The van der Waals surface area contributed by atoms with E-state index >= 15 is 0 Å². The molecule has 1 aromatic heterocycles. The van der Waals surface area contributed by atoms with E-state index in [4.69, 9.17) is 4.42 Å². The van der Waals surface area contributed by atoms with E-state index in [1.807, 2.05) is 29.2 Å². The topological polar surface area (TPSA) is 46.3 Å². The molecule has 146 valence electrons. The Bertz CT molecular complexity index is 976. The number of oxazole rings is 1. The van der Waals surface area contributed by atoms with E-state index in [2.05, 4.69) is 46.9 Å². The van der Waals surface area contributed by atoms with Crippen LogP contribution in [-0.4, -0.2) is 34.6 Å². The van der Waals surface area contributed by atoms with E-state index in [0.29, 0.717) is 11.7 Å². The number of piperidine rings is 1. The number of carbonyl (C=O) groups excluding carboxylic acids is 1. The second kappa shape index (κ2) is 8.29. The van der Waals surface area contributed by atoms with Gasteiger partial charge in [-0.1, -0.05) is 28.1 Å². The molecule has 0 bridgehead atoms. The zero-order valence-corrected chi connectivity index (χ0v) is 18.5. The summed E-state index contributed by atoms with van der Waals surface area (Å²) < 4.78 is 7.03. The largest absolute Gasteiger partial charge is 0.440 e. The normalized spacial score (nSPS) is 15.3. The number of benzene rings is 2. The van der Waals surface area contributed by atoms with Gasteiger partial charge in [-0.05, 0) is 62.1 Å².